The highest BCUT2D eigenvalue weighted by Crippen LogP contribution is 2.19. The van der Waals surface area contributed by atoms with Gasteiger partial charge in [-0.2, -0.15) is 0 Å². The van der Waals surface area contributed by atoms with E-state index in [0.29, 0.717) is 13.1 Å². The van der Waals surface area contributed by atoms with Gasteiger partial charge in [-0.25, -0.2) is 0 Å². The first-order chi connectivity index (χ1) is 7.13. The van der Waals surface area contributed by atoms with E-state index in [9.17, 15) is 4.79 Å². The molecule has 1 rings (SSSR count). The molecule has 0 aliphatic carbocycles. The van der Waals surface area contributed by atoms with E-state index in [0.717, 1.165) is 14.6 Å². The number of halogens is 2. The van der Waals surface area contributed by atoms with Crippen molar-refractivity contribution in [1.29, 1.82) is 0 Å². The summed E-state index contributed by atoms with van der Waals surface area (Å²) in [5, 5.41) is 5.53. The van der Waals surface area contributed by atoms with E-state index in [2.05, 4.69) is 47.5 Å². The summed E-state index contributed by atoms with van der Waals surface area (Å²) in [6.07, 6.45) is 1.72. The number of amides is 1. The van der Waals surface area contributed by atoms with Crippen molar-refractivity contribution >= 4 is 37.8 Å². The maximum absolute atomic E-state index is 10.9. The third kappa shape index (κ3) is 4.27. The van der Waals surface area contributed by atoms with Gasteiger partial charge in [0, 0.05) is 28.7 Å². The molecule has 0 spiro atoms. The molecule has 0 aliphatic rings. The van der Waals surface area contributed by atoms with Crippen molar-refractivity contribution in [1.82, 2.24) is 15.6 Å². The Bertz CT molecular complexity index is 357. The summed E-state index contributed by atoms with van der Waals surface area (Å²) in [5.74, 6) is -0.0387. The highest BCUT2D eigenvalue weighted by Gasteiger charge is 2.03. The van der Waals surface area contributed by atoms with Crippen molar-refractivity contribution in [2.75, 3.05) is 13.6 Å². The summed E-state index contributed by atoms with van der Waals surface area (Å²) in [6.45, 7) is 0.849. The number of likely N-dealkylation sites (N-methyl/N-ethyl adjacent to an activating group) is 1. The van der Waals surface area contributed by atoms with Gasteiger partial charge >= 0.3 is 0 Å². The number of nitrogens with one attached hydrogen (secondary N) is 2. The summed E-state index contributed by atoms with van der Waals surface area (Å²) in [6, 6.07) is 1.92. The number of rotatable bonds is 4. The Kier molecular flexibility index (Phi) is 5.21. The van der Waals surface area contributed by atoms with Crippen molar-refractivity contribution in [2.24, 2.45) is 0 Å². The lowest BCUT2D eigenvalue weighted by Crippen LogP contribution is -2.31. The molecule has 0 saturated carbocycles. The minimum Gasteiger partial charge on any atom is -0.358 e. The van der Waals surface area contributed by atoms with Gasteiger partial charge in [0.1, 0.15) is 0 Å². The van der Waals surface area contributed by atoms with Crippen LogP contribution in [-0.4, -0.2) is 24.5 Å². The van der Waals surface area contributed by atoms with E-state index in [1.165, 1.54) is 0 Å². The van der Waals surface area contributed by atoms with Crippen LogP contribution in [0.25, 0.3) is 0 Å². The second-order valence-electron chi connectivity index (χ2n) is 2.86. The Labute approximate surface area is 105 Å². The highest BCUT2D eigenvalue weighted by atomic mass is 79.9. The summed E-state index contributed by atoms with van der Waals surface area (Å²) in [7, 11) is 1.61. The molecule has 4 nitrogen and oxygen atoms in total. The third-order valence-corrected chi connectivity index (χ3v) is 2.86. The van der Waals surface area contributed by atoms with E-state index < -0.39 is 0 Å². The van der Waals surface area contributed by atoms with Gasteiger partial charge in [0.25, 0.3) is 0 Å². The van der Waals surface area contributed by atoms with Gasteiger partial charge in [-0.15, -0.1) is 0 Å². The largest absolute Gasteiger partial charge is 0.358 e. The standard InChI is InChI=1S/C9H11Br2N3O/c1-12-9(15)5-13-4-8-7(11)2-6(10)3-14-8/h2-3,13H,4-5H2,1H3,(H,12,15). The monoisotopic (exact) mass is 335 g/mol. The first kappa shape index (κ1) is 12.6. The lowest BCUT2D eigenvalue weighted by atomic mass is 10.3. The minimum absolute atomic E-state index is 0.0387. The molecule has 0 atom stereocenters. The first-order valence-corrected chi connectivity index (χ1v) is 5.93. The van der Waals surface area contributed by atoms with Gasteiger partial charge in [-0.3, -0.25) is 9.78 Å². The fourth-order valence-corrected chi connectivity index (χ4v) is 2.08. The smallest absolute Gasteiger partial charge is 0.233 e. The van der Waals surface area contributed by atoms with Crippen LogP contribution in [0.2, 0.25) is 0 Å². The summed E-state index contributed by atoms with van der Waals surface area (Å²) >= 11 is 6.72. The molecule has 0 saturated heterocycles. The molecule has 0 aromatic carbocycles. The quantitative estimate of drug-likeness (QED) is 0.874. The molecule has 0 aliphatic heterocycles. The maximum atomic E-state index is 10.9. The highest BCUT2D eigenvalue weighted by molar-refractivity contribution is 9.11. The number of carbonyl (C=O) groups is 1. The number of hydrogen-bond donors (Lipinski definition) is 2. The first-order valence-electron chi connectivity index (χ1n) is 4.34. The van der Waals surface area contributed by atoms with Crippen molar-refractivity contribution in [3.63, 3.8) is 0 Å². The number of aromatic nitrogens is 1. The molecular formula is C9H11Br2N3O. The fourth-order valence-electron chi connectivity index (χ4n) is 0.956. The summed E-state index contributed by atoms with van der Waals surface area (Å²) < 4.78 is 1.84. The predicted octanol–water partition coefficient (Wildman–Crippen LogP) is 1.44. The van der Waals surface area contributed by atoms with Crippen LogP contribution in [0.3, 0.4) is 0 Å². The number of hydrogen-bond acceptors (Lipinski definition) is 3. The van der Waals surface area contributed by atoms with Gasteiger partial charge in [-0.05, 0) is 37.9 Å². The average Bonchev–Trinajstić information content (AvgIpc) is 2.21. The van der Waals surface area contributed by atoms with E-state index in [1.54, 1.807) is 13.2 Å². The number of nitrogens with zero attached hydrogens (tertiary/aromatic N) is 1. The van der Waals surface area contributed by atoms with Gasteiger partial charge in [0.15, 0.2) is 0 Å². The molecule has 0 bridgehead atoms. The van der Waals surface area contributed by atoms with Crippen LogP contribution < -0.4 is 10.6 Å². The predicted molar refractivity (Wildman–Crippen MR) is 65.4 cm³/mol. The average molecular weight is 337 g/mol. The molecular weight excluding hydrogens is 326 g/mol. The van der Waals surface area contributed by atoms with Gasteiger partial charge < -0.3 is 10.6 Å². The lowest BCUT2D eigenvalue weighted by Gasteiger charge is -2.05. The van der Waals surface area contributed by atoms with Crippen LogP contribution in [0.15, 0.2) is 21.2 Å². The van der Waals surface area contributed by atoms with Crippen molar-refractivity contribution in [3.8, 4) is 0 Å². The SMILES string of the molecule is CNC(=O)CNCc1ncc(Br)cc1Br. The Morgan fingerprint density at radius 2 is 2.27 bits per heavy atom. The molecule has 2 N–H and O–H groups in total. The van der Waals surface area contributed by atoms with Crippen molar-refractivity contribution in [2.45, 2.75) is 6.54 Å². The minimum atomic E-state index is -0.0387. The summed E-state index contributed by atoms with van der Waals surface area (Å²) in [4.78, 5) is 15.1. The van der Waals surface area contributed by atoms with Crippen molar-refractivity contribution in [3.05, 3.63) is 26.9 Å². The zero-order valence-corrected chi connectivity index (χ0v) is 11.4. The molecule has 0 fully saturated rings. The fraction of sp³-hybridized carbons (Fsp3) is 0.333. The second-order valence-corrected chi connectivity index (χ2v) is 4.63. The van der Waals surface area contributed by atoms with Crippen LogP contribution >= 0.6 is 31.9 Å². The molecule has 1 aromatic heterocycles. The van der Waals surface area contributed by atoms with Crippen LogP contribution in [0.1, 0.15) is 5.69 Å². The number of carbonyl (C=O) groups excluding carboxylic acids is 1. The van der Waals surface area contributed by atoms with E-state index in [-0.39, 0.29) is 5.91 Å². The van der Waals surface area contributed by atoms with Crippen LogP contribution in [-0.2, 0) is 11.3 Å². The lowest BCUT2D eigenvalue weighted by molar-refractivity contribution is -0.119. The molecule has 1 amide bonds. The molecule has 0 radical (unpaired) electrons. The second kappa shape index (κ2) is 6.19. The molecule has 6 heteroatoms. The van der Waals surface area contributed by atoms with Crippen LogP contribution in [0, 0.1) is 0 Å². The molecule has 82 valence electrons. The van der Waals surface area contributed by atoms with Gasteiger partial charge in [0.05, 0.1) is 12.2 Å². The number of pyridine rings is 1. The normalized spacial score (nSPS) is 10.1. The zero-order valence-electron chi connectivity index (χ0n) is 8.18. The van der Waals surface area contributed by atoms with Gasteiger partial charge in [0.2, 0.25) is 5.91 Å². The van der Waals surface area contributed by atoms with Crippen LogP contribution in [0.5, 0.6) is 0 Å². The third-order valence-electron chi connectivity index (χ3n) is 1.74. The van der Waals surface area contributed by atoms with E-state index in [1.807, 2.05) is 6.07 Å². The van der Waals surface area contributed by atoms with E-state index >= 15 is 0 Å². The molecule has 0 unspecified atom stereocenters. The van der Waals surface area contributed by atoms with Gasteiger partial charge in [-0.1, -0.05) is 0 Å². The van der Waals surface area contributed by atoms with E-state index in [4.69, 9.17) is 0 Å². The molecule has 1 aromatic rings. The van der Waals surface area contributed by atoms with Crippen LogP contribution in [0.4, 0.5) is 0 Å². The Morgan fingerprint density at radius 1 is 1.53 bits per heavy atom. The Morgan fingerprint density at radius 3 is 2.87 bits per heavy atom. The Hall–Kier alpha value is -0.460. The summed E-state index contributed by atoms with van der Waals surface area (Å²) in [5.41, 5.74) is 0.877. The molecule has 15 heavy (non-hydrogen) atoms. The topological polar surface area (TPSA) is 54.0 Å². The van der Waals surface area contributed by atoms with Crippen molar-refractivity contribution < 1.29 is 4.79 Å². The Balaban J connectivity index is 2.47. The molecule has 1 heterocycles. The zero-order chi connectivity index (χ0) is 11.3. The maximum Gasteiger partial charge on any atom is 0.233 e.